The second kappa shape index (κ2) is 6.76. The van der Waals surface area contributed by atoms with Gasteiger partial charge in [0.2, 0.25) is 9.05 Å². The minimum absolute atomic E-state index is 0.0197. The van der Waals surface area contributed by atoms with Crippen molar-refractivity contribution >= 4 is 31.3 Å². The van der Waals surface area contributed by atoms with Crippen molar-refractivity contribution in [1.82, 2.24) is 0 Å². The molecule has 1 aromatic carbocycles. The van der Waals surface area contributed by atoms with E-state index in [1.165, 1.54) is 0 Å². The topological polar surface area (TPSA) is 43.4 Å². The summed E-state index contributed by atoms with van der Waals surface area (Å²) in [7, 11) is 1.95. The predicted molar refractivity (Wildman–Crippen MR) is 86.8 cm³/mol. The van der Waals surface area contributed by atoms with Crippen LogP contribution in [0.25, 0.3) is 0 Å². The van der Waals surface area contributed by atoms with Crippen LogP contribution < -0.4 is 4.74 Å². The van der Waals surface area contributed by atoms with Crippen molar-refractivity contribution in [2.75, 3.05) is 12.4 Å². The second-order valence-electron chi connectivity index (χ2n) is 5.94. The van der Waals surface area contributed by atoms with Crippen molar-refractivity contribution in [3.63, 3.8) is 0 Å². The maximum atomic E-state index is 11.5. The van der Waals surface area contributed by atoms with Crippen LogP contribution in [0.5, 0.6) is 5.75 Å². The van der Waals surface area contributed by atoms with Gasteiger partial charge in [0.15, 0.2) is 0 Å². The van der Waals surface area contributed by atoms with Gasteiger partial charge in [0.05, 0.1) is 12.4 Å². The van der Waals surface area contributed by atoms with Gasteiger partial charge in [-0.25, -0.2) is 8.42 Å². The molecule has 2 rings (SSSR count). The van der Waals surface area contributed by atoms with Crippen LogP contribution in [0, 0.1) is 12.3 Å². The third-order valence-corrected chi connectivity index (χ3v) is 5.78. The third kappa shape index (κ3) is 5.04. The number of rotatable bonds is 5. The Bertz CT molecular complexity index is 593. The maximum Gasteiger partial charge on any atom is 0.233 e. The van der Waals surface area contributed by atoms with E-state index >= 15 is 0 Å². The highest BCUT2D eigenvalue weighted by atomic mass is 35.7. The Hall–Kier alpha value is -0.450. The fraction of sp³-hybridized carbons (Fsp3) is 0.600. The van der Waals surface area contributed by atoms with E-state index in [-0.39, 0.29) is 11.2 Å². The van der Waals surface area contributed by atoms with Gasteiger partial charge >= 0.3 is 0 Å². The van der Waals surface area contributed by atoms with Crippen molar-refractivity contribution in [3.05, 3.63) is 28.8 Å². The molecule has 3 nitrogen and oxygen atoms in total. The average molecular weight is 351 g/mol. The van der Waals surface area contributed by atoms with Crippen molar-refractivity contribution in [2.45, 2.75) is 39.0 Å². The van der Waals surface area contributed by atoms with Crippen LogP contribution >= 0.6 is 22.3 Å². The molecule has 1 aliphatic rings. The minimum atomic E-state index is -3.53. The van der Waals surface area contributed by atoms with Crippen molar-refractivity contribution in [3.8, 4) is 5.75 Å². The molecule has 0 heterocycles. The first-order chi connectivity index (χ1) is 9.80. The lowest BCUT2D eigenvalue weighted by Crippen LogP contribution is -2.36. The zero-order valence-corrected chi connectivity index (χ0v) is 14.4. The molecule has 0 aromatic heterocycles. The van der Waals surface area contributed by atoms with Crippen molar-refractivity contribution < 1.29 is 13.2 Å². The molecule has 21 heavy (non-hydrogen) atoms. The average Bonchev–Trinajstić information content (AvgIpc) is 2.39. The molecule has 0 unspecified atom stereocenters. The van der Waals surface area contributed by atoms with Crippen LogP contribution in [-0.2, 0) is 9.05 Å². The summed E-state index contributed by atoms with van der Waals surface area (Å²) in [6.07, 6.45) is 4.87. The Morgan fingerprint density at radius 3 is 2.48 bits per heavy atom. The van der Waals surface area contributed by atoms with Gasteiger partial charge in [-0.2, -0.15) is 0 Å². The highest BCUT2D eigenvalue weighted by Crippen LogP contribution is 2.39. The van der Waals surface area contributed by atoms with Gasteiger partial charge < -0.3 is 4.74 Å². The van der Waals surface area contributed by atoms with Crippen LogP contribution in [0.4, 0.5) is 0 Å². The zero-order chi connectivity index (χ0) is 15.5. The maximum absolute atomic E-state index is 11.5. The summed E-state index contributed by atoms with van der Waals surface area (Å²) >= 11 is 5.99. The van der Waals surface area contributed by atoms with E-state index in [1.54, 1.807) is 12.1 Å². The molecule has 0 spiro atoms. The molecule has 1 saturated carbocycles. The van der Waals surface area contributed by atoms with E-state index < -0.39 is 9.05 Å². The van der Waals surface area contributed by atoms with E-state index in [0.29, 0.717) is 17.4 Å². The first-order valence-corrected chi connectivity index (χ1v) is 9.97. The molecule has 0 atom stereocenters. The Balaban J connectivity index is 2.10. The first kappa shape index (κ1) is 16.9. The van der Waals surface area contributed by atoms with Gasteiger partial charge in [0.25, 0.3) is 0 Å². The Morgan fingerprint density at radius 1 is 1.24 bits per heavy atom. The Kier molecular flexibility index (Phi) is 5.44. The molecule has 0 radical (unpaired) electrons. The molecule has 0 saturated heterocycles. The van der Waals surface area contributed by atoms with Crippen molar-refractivity contribution in [1.29, 1.82) is 0 Å². The lowest BCUT2D eigenvalue weighted by molar-refractivity contribution is 0.119. The lowest BCUT2D eigenvalue weighted by Gasteiger charge is -2.35. The summed E-state index contributed by atoms with van der Waals surface area (Å²) in [4.78, 5) is 0. The molecule has 1 aromatic rings. The van der Waals surface area contributed by atoms with Crippen molar-refractivity contribution in [2.24, 2.45) is 5.41 Å². The molecule has 0 N–H and O–H groups in total. The van der Waals surface area contributed by atoms with Gasteiger partial charge in [0, 0.05) is 21.1 Å². The van der Waals surface area contributed by atoms with Gasteiger partial charge in [-0.1, -0.05) is 30.9 Å². The molecule has 1 fully saturated rings. The monoisotopic (exact) mass is 350 g/mol. The van der Waals surface area contributed by atoms with E-state index in [2.05, 4.69) is 0 Å². The largest absolute Gasteiger partial charge is 0.493 e. The zero-order valence-electron chi connectivity index (χ0n) is 12.1. The van der Waals surface area contributed by atoms with Crippen LogP contribution in [0.2, 0.25) is 5.02 Å². The molecule has 0 aliphatic heterocycles. The summed E-state index contributed by atoms with van der Waals surface area (Å²) in [5, 5.41) is 0.693. The number of ether oxygens (including phenoxy) is 1. The molecule has 118 valence electrons. The van der Waals surface area contributed by atoms with Crippen LogP contribution in [-0.4, -0.2) is 20.8 Å². The van der Waals surface area contributed by atoms with E-state index in [1.807, 2.05) is 13.0 Å². The Labute approximate surface area is 136 Å². The lowest BCUT2D eigenvalue weighted by atomic mass is 9.76. The van der Waals surface area contributed by atoms with Gasteiger partial charge in [-0.05, 0) is 43.5 Å². The highest BCUT2D eigenvalue weighted by Gasteiger charge is 2.37. The summed E-state index contributed by atoms with van der Waals surface area (Å²) in [6.45, 7) is 2.29. The predicted octanol–water partition coefficient (Wildman–Crippen LogP) is 4.55. The number of hydrogen-bond acceptors (Lipinski definition) is 3. The molecule has 1 aliphatic carbocycles. The van der Waals surface area contributed by atoms with E-state index in [9.17, 15) is 8.42 Å². The van der Waals surface area contributed by atoms with Gasteiger partial charge in [-0.15, -0.1) is 0 Å². The number of hydrogen-bond donors (Lipinski definition) is 0. The third-order valence-electron chi connectivity index (χ3n) is 4.07. The van der Waals surface area contributed by atoms with Gasteiger partial charge in [0.1, 0.15) is 5.75 Å². The van der Waals surface area contributed by atoms with Gasteiger partial charge in [-0.3, -0.25) is 0 Å². The molecular formula is C15H20Cl2O3S. The number of aryl methyl sites for hydroxylation is 1. The number of benzene rings is 1. The van der Waals surface area contributed by atoms with E-state index in [0.717, 1.165) is 37.7 Å². The molecule has 0 bridgehead atoms. The minimum Gasteiger partial charge on any atom is -0.493 e. The smallest absolute Gasteiger partial charge is 0.233 e. The Morgan fingerprint density at radius 2 is 1.90 bits per heavy atom. The molecule has 0 amide bonds. The quantitative estimate of drug-likeness (QED) is 0.731. The second-order valence-corrected chi connectivity index (χ2v) is 9.13. The highest BCUT2D eigenvalue weighted by molar-refractivity contribution is 8.13. The van der Waals surface area contributed by atoms with Crippen LogP contribution in [0.3, 0.4) is 0 Å². The fourth-order valence-electron chi connectivity index (χ4n) is 2.94. The van der Waals surface area contributed by atoms with Crippen LogP contribution in [0.1, 0.15) is 37.7 Å². The van der Waals surface area contributed by atoms with Crippen LogP contribution in [0.15, 0.2) is 18.2 Å². The summed E-state index contributed by atoms with van der Waals surface area (Å²) in [5.41, 5.74) is 0.573. The molecule has 6 heteroatoms. The SMILES string of the molecule is Cc1cc(OCC2(CS(=O)(=O)Cl)CCCCC2)ccc1Cl. The standard InChI is InChI=1S/C15H20Cl2O3S/c1-12-9-13(5-6-14(12)16)20-10-15(11-21(17,18)19)7-3-2-4-8-15/h5-6,9H,2-4,7-8,10-11H2,1H3. The normalized spacial score (nSPS) is 18.4. The fourth-order valence-corrected chi connectivity index (χ4v) is 4.86. The number of halogens is 2. The first-order valence-electron chi connectivity index (χ1n) is 7.11. The van der Waals surface area contributed by atoms with E-state index in [4.69, 9.17) is 27.0 Å². The summed E-state index contributed by atoms with van der Waals surface area (Å²) in [6, 6.07) is 5.47. The summed E-state index contributed by atoms with van der Waals surface area (Å²) < 4.78 is 28.9. The summed E-state index contributed by atoms with van der Waals surface area (Å²) in [5.74, 6) is 0.697. The molecular weight excluding hydrogens is 331 g/mol.